The topological polar surface area (TPSA) is 79.5 Å². The van der Waals surface area contributed by atoms with Crippen LogP contribution < -0.4 is 5.32 Å². The van der Waals surface area contributed by atoms with E-state index >= 15 is 4.39 Å². The van der Waals surface area contributed by atoms with Gasteiger partial charge in [-0.05, 0) is 36.8 Å². The lowest BCUT2D eigenvalue weighted by molar-refractivity contribution is -0.117. The Balaban J connectivity index is 1.39. The van der Waals surface area contributed by atoms with Crippen LogP contribution in [-0.4, -0.2) is 45.9 Å². The zero-order valence-electron chi connectivity index (χ0n) is 15.9. The molecule has 152 valence electrons. The van der Waals surface area contributed by atoms with Crippen LogP contribution in [-0.2, 0) is 10.2 Å². The molecule has 0 saturated heterocycles. The first-order chi connectivity index (χ1) is 14.4. The van der Waals surface area contributed by atoms with Crippen LogP contribution in [0.1, 0.15) is 46.7 Å². The summed E-state index contributed by atoms with van der Waals surface area (Å²) in [6, 6.07) is 3.18. The van der Waals surface area contributed by atoms with E-state index in [0.29, 0.717) is 5.56 Å². The molecular weight excluding hydrogens is 392 g/mol. The van der Waals surface area contributed by atoms with Crippen LogP contribution in [0.25, 0.3) is 4.85 Å². The number of carbonyl (C=O) groups excluding carboxylic acids is 2. The van der Waals surface area contributed by atoms with Crippen molar-refractivity contribution in [3.63, 3.8) is 0 Å². The summed E-state index contributed by atoms with van der Waals surface area (Å²) in [5.41, 5.74) is 0.0268. The molecular formula is C21H17F2N5O2. The third-order valence-electron chi connectivity index (χ3n) is 6.01. The van der Waals surface area contributed by atoms with Crippen LogP contribution in [0.4, 0.5) is 20.4 Å². The van der Waals surface area contributed by atoms with Gasteiger partial charge >= 0.3 is 0 Å². The molecule has 0 bridgehead atoms. The largest absolute Gasteiger partial charge is 0.328 e. The number of amides is 2. The summed E-state index contributed by atoms with van der Waals surface area (Å²) in [6.45, 7) is 6.51. The normalized spacial score (nSPS) is 24.4. The van der Waals surface area contributed by atoms with Crippen molar-refractivity contribution in [2.24, 2.45) is 0 Å². The Bertz CT molecular complexity index is 1110. The number of halogens is 2. The lowest BCUT2D eigenvalue weighted by Gasteiger charge is -2.35. The van der Waals surface area contributed by atoms with Gasteiger partial charge in [0, 0.05) is 30.1 Å². The first-order valence-electron chi connectivity index (χ1n) is 9.68. The van der Waals surface area contributed by atoms with Crippen molar-refractivity contribution in [2.45, 2.75) is 36.8 Å². The molecule has 2 heterocycles. The number of hydrogen-bond donors (Lipinski definition) is 1. The Morgan fingerprint density at radius 2 is 2.03 bits per heavy atom. The fourth-order valence-electron chi connectivity index (χ4n) is 4.22. The minimum atomic E-state index is -1.25. The quantitative estimate of drug-likeness (QED) is 0.787. The van der Waals surface area contributed by atoms with E-state index < -0.39 is 29.2 Å². The Labute approximate surface area is 170 Å². The lowest BCUT2D eigenvalue weighted by Crippen LogP contribution is -2.48. The molecule has 1 aromatic carbocycles. The average Bonchev–Trinajstić information content (AvgIpc) is 3.65. The van der Waals surface area contributed by atoms with E-state index in [0.717, 1.165) is 12.8 Å². The summed E-state index contributed by atoms with van der Waals surface area (Å²) >= 11 is 0. The predicted octanol–water partition coefficient (Wildman–Crippen LogP) is 3.12. The van der Waals surface area contributed by atoms with E-state index in [4.69, 9.17) is 6.57 Å². The summed E-state index contributed by atoms with van der Waals surface area (Å²) in [4.78, 5) is 37.5. The van der Waals surface area contributed by atoms with Gasteiger partial charge in [-0.3, -0.25) is 14.9 Å². The van der Waals surface area contributed by atoms with E-state index in [1.165, 1.54) is 17.3 Å². The zero-order chi connectivity index (χ0) is 21.0. The molecule has 2 amide bonds. The van der Waals surface area contributed by atoms with Crippen LogP contribution in [0.15, 0.2) is 24.5 Å². The van der Waals surface area contributed by atoms with Crippen molar-refractivity contribution in [3.05, 3.63) is 58.5 Å². The number of alkyl halides is 1. The molecule has 1 aromatic heterocycles. The molecule has 1 N–H and O–H groups in total. The Hall–Kier alpha value is -3.41. The molecule has 7 nitrogen and oxygen atoms in total. The van der Waals surface area contributed by atoms with Crippen molar-refractivity contribution < 1.29 is 18.4 Å². The summed E-state index contributed by atoms with van der Waals surface area (Å²) in [5, 5.41) is 2.46. The predicted molar refractivity (Wildman–Crippen MR) is 102 cm³/mol. The molecule has 0 unspecified atom stereocenters. The minimum Gasteiger partial charge on any atom is -0.328 e. The second-order valence-electron chi connectivity index (χ2n) is 8.08. The van der Waals surface area contributed by atoms with Gasteiger partial charge < -0.3 is 4.90 Å². The fraction of sp³-hybridized carbons (Fsp3) is 0.381. The smallest absolute Gasteiger partial charge is 0.254 e. The molecule has 5 rings (SSSR count). The van der Waals surface area contributed by atoms with Gasteiger partial charge in [0.25, 0.3) is 5.91 Å². The van der Waals surface area contributed by atoms with Crippen LogP contribution in [0, 0.1) is 12.4 Å². The highest BCUT2D eigenvalue weighted by Crippen LogP contribution is 2.56. The monoisotopic (exact) mass is 409 g/mol. The van der Waals surface area contributed by atoms with Gasteiger partial charge in [0.1, 0.15) is 18.5 Å². The maximum absolute atomic E-state index is 15.2. The third-order valence-corrected chi connectivity index (χ3v) is 6.01. The number of aromatic nitrogens is 2. The molecule has 2 atom stereocenters. The Morgan fingerprint density at radius 1 is 1.33 bits per heavy atom. The van der Waals surface area contributed by atoms with Crippen LogP contribution in [0.5, 0.6) is 0 Å². The number of fused-ring (bicyclic) bond motifs is 2. The van der Waals surface area contributed by atoms with Gasteiger partial charge in [-0.25, -0.2) is 23.6 Å². The molecule has 2 aliphatic carbocycles. The van der Waals surface area contributed by atoms with E-state index in [2.05, 4.69) is 20.1 Å². The first-order valence-corrected chi connectivity index (χ1v) is 9.68. The number of benzene rings is 1. The van der Waals surface area contributed by atoms with Gasteiger partial charge in [0.05, 0.1) is 12.0 Å². The number of anilines is 1. The van der Waals surface area contributed by atoms with Gasteiger partial charge in [-0.1, -0.05) is 6.07 Å². The highest BCUT2D eigenvalue weighted by Gasteiger charge is 2.62. The van der Waals surface area contributed by atoms with E-state index in [9.17, 15) is 14.0 Å². The maximum atomic E-state index is 15.2. The van der Waals surface area contributed by atoms with Gasteiger partial charge in [-0.15, -0.1) is 0 Å². The first kappa shape index (κ1) is 18.6. The van der Waals surface area contributed by atoms with E-state index in [-0.39, 0.29) is 48.2 Å². The molecule has 2 saturated carbocycles. The standard InChI is InChI=1S/C21H17F2N5O2/c1-24-12-7-25-20(26-8-12)27-16(29)9-28-10-21(6-15(21)22)17-14(19(28)30)5-4-13(18(17)23)11-2-3-11/h4-5,7-8,11,15H,2-3,6,9-10H2,(H,25,26,27,29)/t15-,21+/m0/s1. The summed E-state index contributed by atoms with van der Waals surface area (Å²) in [7, 11) is 0. The van der Waals surface area contributed by atoms with Crippen molar-refractivity contribution in [3.8, 4) is 0 Å². The molecule has 9 heteroatoms. The van der Waals surface area contributed by atoms with Crippen molar-refractivity contribution in [1.82, 2.24) is 14.9 Å². The maximum Gasteiger partial charge on any atom is 0.254 e. The lowest BCUT2D eigenvalue weighted by atomic mass is 9.83. The number of hydrogen-bond acceptors (Lipinski definition) is 4. The van der Waals surface area contributed by atoms with Crippen molar-refractivity contribution in [2.75, 3.05) is 18.4 Å². The summed E-state index contributed by atoms with van der Waals surface area (Å²) in [6.07, 6.45) is 3.23. The molecule has 3 aliphatic rings. The molecule has 0 radical (unpaired) electrons. The van der Waals surface area contributed by atoms with Crippen molar-refractivity contribution in [1.29, 1.82) is 0 Å². The number of rotatable bonds is 4. The molecule has 2 aromatic rings. The highest BCUT2D eigenvalue weighted by molar-refractivity contribution is 6.01. The van der Waals surface area contributed by atoms with E-state index in [1.54, 1.807) is 12.1 Å². The van der Waals surface area contributed by atoms with Crippen LogP contribution in [0.2, 0.25) is 0 Å². The summed E-state index contributed by atoms with van der Waals surface area (Å²) in [5.74, 6) is -1.35. The minimum absolute atomic E-state index is 0.00174. The second kappa shape index (κ2) is 6.55. The Kier molecular flexibility index (Phi) is 4.07. The van der Waals surface area contributed by atoms with Gasteiger partial charge in [0.2, 0.25) is 17.5 Å². The zero-order valence-corrected chi connectivity index (χ0v) is 15.9. The summed E-state index contributed by atoms with van der Waals surface area (Å²) < 4.78 is 29.7. The van der Waals surface area contributed by atoms with E-state index in [1.807, 2.05) is 0 Å². The third kappa shape index (κ3) is 2.91. The highest BCUT2D eigenvalue weighted by atomic mass is 19.1. The van der Waals surface area contributed by atoms with Gasteiger partial charge in [-0.2, -0.15) is 0 Å². The number of carbonyl (C=O) groups is 2. The van der Waals surface area contributed by atoms with Gasteiger partial charge in [0.15, 0.2) is 0 Å². The van der Waals surface area contributed by atoms with Crippen LogP contribution >= 0.6 is 0 Å². The molecule has 30 heavy (non-hydrogen) atoms. The van der Waals surface area contributed by atoms with Crippen molar-refractivity contribution >= 4 is 23.5 Å². The molecule has 1 spiro atoms. The number of nitrogens with zero attached hydrogens (tertiary/aromatic N) is 4. The second-order valence-corrected chi connectivity index (χ2v) is 8.08. The van der Waals surface area contributed by atoms with Crippen LogP contribution in [0.3, 0.4) is 0 Å². The molecule has 2 fully saturated rings. The Morgan fingerprint density at radius 3 is 2.63 bits per heavy atom. The average molecular weight is 409 g/mol. The fourth-order valence-corrected chi connectivity index (χ4v) is 4.22. The number of nitrogens with one attached hydrogen (secondary N) is 1. The SMILES string of the molecule is [C-]#[N+]c1cnc(NC(=O)CN2C[C@@]3(C[C@@H]3F)c3c(ccc(C4CC4)c3F)C2=O)nc1. The molecule has 1 aliphatic heterocycles.